The number of halogens is 1. The van der Waals surface area contributed by atoms with E-state index in [2.05, 4.69) is 9.46 Å². The Balaban J connectivity index is 2.24. The number of benzene rings is 1. The first-order chi connectivity index (χ1) is 9.74. The molecular weight excluding hydrogens is 301 g/mol. The van der Waals surface area contributed by atoms with Crippen LogP contribution in [0.5, 0.6) is 5.88 Å². The third-order valence-corrected chi connectivity index (χ3v) is 3.58. The lowest BCUT2D eigenvalue weighted by molar-refractivity contribution is 0.288. The summed E-state index contributed by atoms with van der Waals surface area (Å²) in [6.45, 7) is 0.180. The molecule has 0 saturated heterocycles. The Kier molecular flexibility index (Phi) is 5.31. The van der Waals surface area contributed by atoms with E-state index in [1.54, 1.807) is 42.2 Å². The van der Waals surface area contributed by atoms with Crippen LogP contribution in [0.4, 0.5) is 10.1 Å². The summed E-state index contributed by atoms with van der Waals surface area (Å²) in [5.41, 5.74) is 1.18. The number of hydrogen-bond donors (Lipinski definition) is 0. The summed E-state index contributed by atoms with van der Waals surface area (Å²) in [5.74, 6) is 0.466. The fourth-order valence-electron chi connectivity index (χ4n) is 1.64. The Morgan fingerprint density at radius 2 is 2.30 bits per heavy atom. The van der Waals surface area contributed by atoms with Crippen LogP contribution in [-0.4, -0.2) is 20.0 Å². The molecular formula is C12H12FN3O2S2. The standard InChI is InChI=1S/C12H12FN3O2S2/c1-16-6-5-12(14-16)18-7-9-10(15-20-17)3-2-4-11(9)19-8-13/h2-6H,7-8H2,1H3. The third-order valence-electron chi connectivity index (χ3n) is 2.51. The number of nitrogens with zero attached hydrogens (tertiary/aromatic N) is 3. The van der Waals surface area contributed by atoms with Crippen molar-refractivity contribution in [2.24, 2.45) is 11.4 Å². The van der Waals surface area contributed by atoms with Crippen LogP contribution in [0, 0.1) is 0 Å². The molecule has 1 heterocycles. The van der Waals surface area contributed by atoms with Gasteiger partial charge in [-0.1, -0.05) is 17.8 Å². The van der Waals surface area contributed by atoms with E-state index in [9.17, 15) is 8.60 Å². The number of aromatic nitrogens is 2. The zero-order chi connectivity index (χ0) is 14.4. The second-order valence-electron chi connectivity index (χ2n) is 3.79. The monoisotopic (exact) mass is 313 g/mol. The number of thioether (sulfide) groups is 1. The number of rotatable bonds is 6. The second-order valence-corrected chi connectivity index (χ2v) is 5.07. The van der Waals surface area contributed by atoms with Gasteiger partial charge in [-0.3, -0.25) is 4.68 Å². The molecule has 0 bridgehead atoms. The molecule has 0 saturated carbocycles. The molecule has 2 aromatic rings. The fraction of sp³-hybridized carbons (Fsp3) is 0.250. The van der Waals surface area contributed by atoms with Crippen molar-refractivity contribution < 1.29 is 13.3 Å². The smallest absolute Gasteiger partial charge is 0.233 e. The van der Waals surface area contributed by atoms with E-state index in [1.807, 2.05) is 0 Å². The Labute approximate surface area is 123 Å². The Morgan fingerprint density at radius 1 is 1.45 bits per heavy atom. The molecule has 0 N–H and O–H groups in total. The maximum absolute atomic E-state index is 12.6. The minimum Gasteiger partial charge on any atom is -0.472 e. The van der Waals surface area contributed by atoms with Crippen molar-refractivity contribution in [2.45, 2.75) is 11.5 Å². The molecule has 0 aliphatic heterocycles. The molecule has 1 aromatic heterocycles. The molecule has 0 aliphatic carbocycles. The van der Waals surface area contributed by atoms with E-state index < -0.39 is 6.01 Å². The van der Waals surface area contributed by atoms with Gasteiger partial charge in [-0.25, -0.2) is 4.39 Å². The van der Waals surface area contributed by atoms with E-state index in [-0.39, 0.29) is 18.1 Å². The Bertz CT molecular complexity index is 641. The van der Waals surface area contributed by atoms with Crippen molar-refractivity contribution in [3.63, 3.8) is 0 Å². The van der Waals surface area contributed by atoms with Gasteiger partial charge in [-0.15, -0.1) is 5.10 Å². The quantitative estimate of drug-likeness (QED) is 0.769. The van der Waals surface area contributed by atoms with Gasteiger partial charge in [0.2, 0.25) is 17.3 Å². The minimum absolute atomic E-state index is 0.118. The predicted molar refractivity (Wildman–Crippen MR) is 76.0 cm³/mol. The highest BCUT2D eigenvalue weighted by atomic mass is 32.2. The Hall–Kier alpha value is -1.67. The molecule has 0 radical (unpaired) electrons. The lowest BCUT2D eigenvalue weighted by atomic mass is 10.2. The first kappa shape index (κ1) is 14.7. The molecule has 106 valence electrons. The minimum atomic E-state index is -0.551. The highest BCUT2D eigenvalue weighted by Crippen LogP contribution is 2.31. The SMILES string of the molecule is Cn1ccc(OCc2c(N=S=O)cccc2SCF)n1. The average molecular weight is 313 g/mol. The first-order valence-corrected chi connectivity index (χ1v) is 7.36. The van der Waals surface area contributed by atoms with Gasteiger partial charge in [-0.05, 0) is 12.1 Å². The highest BCUT2D eigenvalue weighted by molar-refractivity contribution is 7.99. The van der Waals surface area contributed by atoms with Crippen LogP contribution >= 0.6 is 11.8 Å². The summed E-state index contributed by atoms with van der Waals surface area (Å²) in [6.07, 6.45) is 1.76. The molecule has 0 aliphatic rings. The molecule has 0 spiro atoms. The number of alkyl halides is 1. The second kappa shape index (κ2) is 7.20. The molecule has 0 fully saturated rings. The van der Waals surface area contributed by atoms with Crippen LogP contribution in [0.2, 0.25) is 0 Å². The van der Waals surface area contributed by atoms with Gasteiger partial charge in [0.05, 0.1) is 5.69 Å². The topological polar surface area (TPSA) is 56.5 Å². The summed E-state index contributed by atoms with van der Waals surface area (Å²) >= 11 is 1.16. The zero-order valence-corrected chi connectivity index (χ0v) is 12.3. The summed E-state index contributed by atoms with van der Waals surface area (Å²) in [7, 11) is 1.79. The molecule has 0 amide bonds. The molecule has 0 atom stereocenters. The molecule has 2 rings (SSSR count). The van der Waals surface area contributed by atoms with Gasteiger partial charge < -0.3 is 4.74 Å². The molecule has 1 aromatic carbocycles. The lowest BCUT2D eigenvalue weighted by Crippen LogP contribution is -1.99. The van der Waals surface area contributed by atoms with Crippen molar-refractivity contribution in [2.75, 3.05) is 6.01 Å². The Morgan fingerprint density at radius 3 is 2.95 bits per heavy atom. The highest BCUT2D eigenvalue weighted by Gasteiger charge is 2.10. The van der Waals surface area contributed by atoms with E-state index >= 15 is 0 Å². The summed E-state index contributed by atoms with van der Waals surface area (Å²) in [4.78, 5) is 0.707. The van der Waals surface area contributed by atoms with Crippen LogP contribution in [0.15, 0.2) is 39.7 Å². The van der Waals surface area contributed by atoms with E-state index in [0.717, 1.165) is 11.8 Å². The molecule has 20 heavy (non-hydrogen) atoms. The van der Waals surface area contributed by atoms with Gasteiger partial charge in [0.1, 0.15) is 12.6 Å². The summed E-state index contributed by atoms with van der Waals surface area (Å²) < 4.78 is 34.1. The zero-order valence-electron chi connectivity index (χ0n) is 10.7. The van der Waals surface area contributed by atoms with Crippen molar-refractivity contribution in [1.82, 2.24) is 9.78 Å². The van der Waals surface area contributed by atoms with Crippen molar-refractivity contribution in [3.05, 3.63) is 36.0 Å². The molecule has 0 unspecified atom stereocenters. The van der Waals surface area contributed by atoms with E-state index in [4.69, 9.17) is 4.74 Å². The number of aryl methyl sites for hydroxylation is 1. The molecule has 8 heteroatoms. The largest absolute Gasteiger partial charge is 0.472 e. The van der Waals surface area contributed by atoms with Crippen LogP contribution in [0.1, 0.15) is 5.56 Å². The normalized spacial score (nSPS) is 10.3. The van der Waals surface area contributed by atoms with E-state index in [0.29, 0.717) is 22.0 Å². The van der Waals surface area contributed by atoms with Crippen molar-refractivity contribution in [1.29, 1.82) is 0 Å². The van der Waals surface area contributed by atoms with Crippen molar-refractivity contribution in [3.8, 4) is 5.88 Å². The average Bonchev–Trinajstić information content (AvgIpc) is 2.84. The lowest BCUT2D eigenvalue weighted by Gasteiger charge is -2.10. The predicted octanol–water partition coefficient (Wildman–Crippen LogP) is 3.05. The van der Waals surface area contributed by atoms with Gasteiger partial charge in [0.25, 0.3) is 0 Å². The summed E-state index contributed by atoms with van der Waals surface area (Å²) in [5, 5.41) is 4.09. The fourth-order valence-corrected chi connectivity index (χ4v) is 2.52. The van der Waals surface area contributed by atoms with Gasteiger partial charge in [0.15, 0.2) is 0 Å². The van der Waals surface area contributed by atoms with Gasteiger partial charge in [0, 0.05) is 29.8 Å². The summed E-state index contributed by atoms with van der Waals surface area (Å²) in [6, 6.07) is 6.38. The van der Waals surface area contributed by atoms with Crippen molar-refractivity contribution >= 4 is 28.9 Å². The van der Waals surface area contributed by atoms with E-state index in [1.165, 1.54) is 0 Å². The third kappa shape index (κ3) is 3.67. The van der Waals surface area contributed by atoms with Crippen LogP contribution in [0.3, 0.4) is 0 Å². The van der Waals surface area contributed by atoms with Crippen LogP contribution in [0.25, 0.3) is 0 Å². The van der Waals surface area contributed by atoms with Crippen LogP contribution in [-0.2, 0) is 25.1 Å². The number of ether oxygens (including phenoxy) is 1. The maximum Gasteiger partial charge on any atom is 0.233 e. The molecule has 5 nitrogen and oxygen atoms in total. The van der Waals surface area contributed by atoms with Gasteiger partial charge >= 0.3 is 0 Å². The number of hydrogen-bond acceptors (Lipinski definition) is 5. The van der Waals surface area contributed by atoms with Gasteiger partial charge in [-0.2, -0.15) is 8.57 Å². The maximum atomic E-state index is 12.6. The first-order valence-electron chi connectivity index (χ1n) is 5.67. The van der Waals surface area contributed by atoms with Crippen LogP contribution < -0.4 is 4.74 Å².